The molecule has 0 radical (unpaired) electrons. The first kappa shape index (κ1) is 16.2. The summed E-state index contributed by atoms with van der Waals surface area (Å²) < 4.78 is 5.08. The van der Waals surface area contributed by atoms with Crippen molar-refractivity contribution in [1.82, 2.24) is 10.7 Å². The highest BCUT2D eigenvalue weighted by atomic mass is 16.5. The van der Waals surface area contributed by atoms with Crippen LogP contribution in [0.5, 0.6) is 5.75 Å². The van der Waals surface area contributed by atoms with Crippen molar-refractivity contribution in [3.8, 4) is 5.75 Å². The van der Waals surface area contributed by atoms with Crippen LogP contribution in [0.4, 0.5) is 0 Å². The quantitative estimate of drug-likeness (QED) is 0.498. The summed E-state index contributed by atoms with van der Waals surface area (Å²) in [6, 6.07) is 16.5. The first-order valence-electron chi connectivity index (χ1n) is 6.98. The molecule has 118 valence electrons. The van der Waals surface area contributed by atoms with E-state index in [1.54, 1.807) is 31.4 Å². The Labute approximate surface area is 134 Å². The third-order valence-electron chi connectivity index (χ3n) is 2.98. The third kappa shape index (κ3) is 5.28. The molecule has 6 nitrogen and oxygen atoms in total. The lowest BCUT2D eigenvalue weighted by Gasteiger charge is -2.04. The summed E-state index contributed by atoms with van der Waals surface area (Å²) >= 11 is 0. The van der Waals surface area contributed by atoms with E-state index in [1.807, 2.05) is 30.3 Å². The van der Waals surface area contributed by atoms with Gasteiger partial charge in [-0.3, -0.25) is 9.59 Å². The number of ether oxygens (including phenoxy) is 1. The molecule has 0 fully saturated rings. The van der Waals surface area contributed by atoms with Gasteiger partial charge in [-0.1, -0.05) is 42.5 Å². The molecular formula is C17H17N3O3. The van der Waals surface area contributed by atoms with Gasteiger partial charge in [-0.05, 0) is 23.3 Å². The molecule has 2 rings (SSSR count). The summed E-state index contributed by atoms with van der Waals surface area (Å²) in [6.45, 7) is 0.284. The molecule has 2 N–H and O–H groups in total. The van der Waals surface area contributed by atoms with Crippen LogP contribution in [0, 0.1) is 0 Å². The molecule has 23 heavy (non-hydrogen) atoms. The third-order valence-corrected chi connectivity index (χ3v) is 2.98. The number of hydrazone groups is 1. The van der Waals surface area contributed by atoms with E-state index in [4.69, 9.17) is 4.74 Å². The Kier molecular flexibility index (Phi) is 5.88. The second-order valence-corrected chi connectivity index (χ2v) is 4.64. The van der Waals surface area contributed by atoms with Gasteiger partial charge in [0.1, 0.15) is 5.75 Å². The van der Waals surface area contributed by atoms with Gasteiger partial charge in [0.15, 0.2) is 0 Å². The van der Waals surface area contributed by atoms with Crippen LogP contribution in [0.3, 0.4) is 0 Å². The van der Waals surface area contributed by atoms with Gasteiger partial charge in [-0.2, -0.15) is 5.10 Å². The SMILES string of the molecule is COc1cccc(/C=N/NC(=O)C(=O)NCc2ccccc2)c1. The average Bonchev–Trinajstić information content (AvgIpc) is 2.60. The number of carbonyl (C=O) groups is 2. The Balaban J connectivity index is 1.81. The predicted octanol–water partition coefficient (Wildman–Crippen LogP) is 1.46. The van der Waals surface area contributed by atoms with Crippen molar-refractivity contribution in [2.24, 2.45) is 5.10 Å². The summed E-state index contributed by atoms with van der Waals surface area (Å²) in [7, 11) is 1.56. The molecule has 0 atom stereocenters. The van der Waals surface area contributed by atoms with Crippen LogP contribution in [0.2, 0.25) is 0 Å². The fourth-order valence-corrected chi connectivity index (χ4v) is 1.80. The molecule has 0 saturated carbocycles. The number of carbonyl (C=O) groups excluding carboxylic acids is 2. The molecule has 0 heterocycles. The lowest BCUT2D eigenvalue weighted by atomic mass is 10.2. The molecule has 6 heteroatoms. The predicted molar refractivity (Wildman–Crippen MR) is 87.0 cm³/mol. The molecule has 0 aliphatic carbocycles. The first-order chi connectivity index (χ1) is 11.2. The zero-order valence-corrected chi connectivity index (χ0v) is 12.7. The van der Waals surface area contributed by atoms with Crippen LogP contribution in [0.1, 0.15) is 11.1 Å². The smallest absolute Gasteiger partial charge is 0.329 e. The standard InChI is InChI=1S/C17H17N3O3/c1-23-15-9-5-8-14(10-15)12-19-20-17(22)16(21)18-11-13-6-3-2-4-7-13/h2-10,12H,11H2,1H3,(H,18,21)(H,20,22)/b19-12+. The minimum absolute atomic E-state index is 0.284. The van der Waals surface area contributed by atoms with Gasteiger partial charge >= 0.3 is 11.8 Å². The average molecular weight is 311 g/mol. The van der Waals surface area contributed by atoms with Crippen molar-refractivity contribution in [2.45, 2.75) is 6.54 Å². The van der Waals surface area contributed by atoms with Crippen LogP contribution in [0.25, 0.3) is 0 Å². The fraction of sp³-hybridized carbons (Fsp3) is 0.118. The molecule has 0 saturated heterocycles. The molecule has 0 bridgehead atoms. The maximum absolute atomic E-state index is 11.6. The Bertz CT molecular complexity index is 699. The Morgan fingerprint density at radius 1 is 1.09 bits per heavy atom. The Morgan fingerprint density at radius 2 is 1.87 bits per heavy atom. The van der Waals surface area contributed by atoms with E-state index >= 15 is 0 Å². The van der Waals surface area contributed by atoms with E-state index in [9.17, 15) is 9.59 Å². The van der Waals surface area contributed by atoms with Gasteiger partial charge in [0.25, 0.3) is 0 Å². The summed E-state index contributed by atoms with van der Waals surface area (Å²) in [5, 5.41) is 6.27. The van der Waals surface area contributed by atoms with Crippen LogP contribution in [-0.4, -0.2) is 25.1 Å². The van der Waals surface area contributed by atoms with Gasteiger partial charge in [-0.15, -0.1) is 0 Å². The molecule has 0 aromatic heterocycles. The number of hydrogen-bond acceptors (Lipinski definition) is 4. The van der Waals surface area contributed by atoms with Gasteiger partial charge in [0, 0.05) is 6.54 Å². The molecule has 2 amide bonds. The largest absolute Gasteiger partial charge is 0.497 e. The zero-order valence-electron chi connectivity index (χ0n) is 12.7. The monoisotopic (exact) mass is 311 g/mol. The first-order valence-corrected chi connectivity index (χ1v) is 6.98. The van der Waals surface area contributed by atoms with Crippen molar-refractivity contribution in [2.75, 3.05) is 7.11 Å². The second kappa shape index (κ2) is 8.33. The van der Waals surface area contributed by atoms with Gasteiger partial charge in [-0.25, -0.2) is 5.43 Å². The molecule has 0 aliphatic rings. The molecule has 0 spiro atoms. The summed E-state index contributed by atoms with van der Waals surface area (Å²) in [5.74, 6) is -0.877. The normalized spacial score (nSPS) is 10.3. The molecule has 0 aliphatic heterocycles. The highest BCUT2D eigenvalue weighted by molar-refractivity contribution is 6.35. The topological polar surface area (TPSA) is 79.8 Å². The number of nitrogens with zero attached hydrogens (tertiary/aromatic N) is 1. The molecule has 0 unspecified atom stereocenters. The Morgan fingerprint density at radius 3 is 2.61 bits per heavy atom. The Hall–Kier alpha value is -3.15. The van der Waals surface area contributed by atoms with E-state index in [-0.39, 0.29) is 6.54 Å². The highest BCUT2D eigenvalue weighted by Crippen LogP contribution is 2.10. The number of benzene rings is 2. The number of rotatable bonds is 5. The fourth-order valence-electron chi connectivity index (χ4n) is 1.80. The number of hydrogen-bond donors (Lipinski definition) is 2. The molecule has 2 aromatic rings. The van der Waals surface area contributed by atoms with Crippen molar-refractivity contribution in [3.63, 3.8) is 0 Å². The van der Waals surface area contributed by atoms with Crippen LogP contribution in [0.15, 0.2) is 59.7 Å². The molecule has 2 aromatic carbocycles. The van der Waals surface area contributed by atoms with Crippen molar-refractivity contribution in [3.05, 3.63) is 65.7 Å². The van der Waals surface area contributed by atoms with Crippen molar-refractivity contribution in [1.29, 1.82) is 0 Å². The van der Waals surface area contributed by atoms with E-state index in [0.29, 0.717) is 5.75 Å². The zero-order chi connectivity index (χ0) is 16.5. The summed E-state index contributed by atoms with van der Waals surface area (Å²) in [5.41, 5.74) is 3.84. The van der Waals surface area contributed by atoms with Gasteiger partial charge in [0.05, 0.1) is 13.3 Å². The number of amides is 2. The lowest BCUT2D eigenvalue weighted by molar-refractivity contribution is -0.139. The van der Waals surface area contributed by atoms with Gasteiger partial charge < -0.3 is 10.1 Å². The lowest BCUT2D eigenvalue weighted by Crippen LogP contribution is -2.37. The minimum Gasteiger partial charge on any atom is -0.497 e. The van der Waals surface area contributed by atoms with E-state index in [1.165, 1.54) is 6.21 Å². The van der Waals surface area contributed by atoms with E-state index < -0.39 is 11.8 Å². The van der Waals surface area contributed by atoms with Crippen LogP contribution >= 0.6 is 0 Å². The highest BCUT2D eigenvalue weighted by Gasteiger charge is 2.11. The maximum atomic E-state index is 11.6. The van der Waals surface area contributed by atoms with E-state index in [0.717, 1.165) is 11.1 Å². The van der Waals surface area contributed by atoms with Crippen LogP contribution < -0.4 is 15.5 Å². The van der Waals surface area contributed by atoms with Gasteiger partial charge in [0.2, 0.25) is 0 Å². The summed E-state index contributed by atoms with van der Waals surface area (Å²) in [4.78, 5) is 23.3. The maximum Gasteiger partial charge on any atom is 0.329 e. The van der Waals surface area contributed by atoms with Crippen molar-refractivity contribution >= 4 is 18.0 Å². The molecular weight excluding hydrogens is 294 g/mol. The van der Waals surface area contributed by atoms with Crippen molar-refractivity contribution < 1.29 is 14.3 Å². The minimum atomic E-state index is -0.819. The number of methoxy groups -OCH3 is 1. The second-order valence-electron chi connectivity index (χ2n) is 4.64. The number of nitrogens with one attached hydrogen (secondary N) is 2. The van der Waals surface area contributed by atoms with Crippen LogP contribution in [-0.2, 0) is 16.1 Å². The summed E-state index contributed by atoms with van der Waals surface area (Å²) in [6.07, 6.45) is 1.44. The van der Waals surface area contributed by atoms with E-state index in [2.05, 4.69) is 15.8 Å².